The molecule has 1 heterocycles. The average molecular weight is 171 g/mol. The molecule has 0 unspecified atom stereocenters. The first-order chi connectivity index (χ1) is 5.57. The monoisotopic (exact) mass is 171 g/mol. The Morgan fingerprint density at radius 3 is 2.67 bits per heavy atom. The van der Waals surface area contributed by atoms with E-state index in [4.69, 9.17) is 0 Å². The maximum atomic E-state index is 11.5. The van der Waals surface area contributed by atoms with Gasteiger partial charge in [0.2, 0.25) is 5.91 Å². The highest BCUT2D eigenvalue weighted by Crippen LogP contribution is 2.22. The summed E-state index contributed by atoms with van der Waals surface area (Å²) in [5, 5.41) is 9.58. The van der Waals surface area contributed by atoms with Crippen LogP contribution in [0.25, 0.3) is 0 Å². The normalized spacial score (nSPS) is 37.2. The lowest BCUT2D eigenvalue weighted by molar-refractivity contribution is -0.146. The number of rotatable bonds is 1. The van der Waals surface area contributed by atoms with Crippen molar-refractivity contribution in [2.75, 3.05) is 13.1 Å². The standard InChI is InChI=1S/C9H17NO2/c1-4-10-5-6(2)8(11)7(3)9(10)12/h6-8,11H,4-5H2,1-3H3/t6-,7+,8-/m0/s1. The second-order valence-electron chi connectivity index (χ2n) is 3.63. The first kappa shape index (κ1) is 9.52. The minimum Gasteiger partial charge on any atom is -0.392 e. The van der Waals surface area contributed by atoms with E-state index in [1.165, 1.54) is 0 Å². The third-order valence-corrected chi connectivity index (χ3v) is 2.69. The lowest BCUT2D eigenvalue weighted by Crippen LogP contribution is -2.51. The van der Waals surface area contributed by atoms with Crippen LogP contribution in [0, 0.1) is 11.8 Å². The number of piperidine rings is 1. The Kier molecular flexibility index (Phi) is 2.73. The molecule has 1 amide bonds. The summed E-state index contributed by atoms with van der Waals surface area (Å²) >= 11 is 0. The molecule has 1 fully saturated rings. The van der Waals surface area contributed by atoms with Gasteiger partial charge in [-0.15, -0.1) is 0 Å². The van der Waals surface area contributed by atoms with E-state index in [9.17, 15) is 9.90 Å². The van der Waals surface area contributed by atoms with Crippen LogP contribution in [0.2, 0.25) is 0 Å². The van der Waals surface area contributed by atoms with E-state index in [2.05, 4.69) is 0 Å². The van der Waals surface area contributed by atoms with Crippen LogP contribution in [0.1, 0.15) is 20.8 Å². The van der Waals surface area contributed by atoms with E-state index < -0.39 is 6.10 Å². The minimum absolute atomic E-state index is 0.0862. The van der Waals surface area contributed by atoms with Crippen LogP contribution in [0.4, 0.5) is 0 Å². The lowest BCUT2D eigenvalue weighted by atomic mass is 9.88. The molecule has 1 rings (SSSR count). The molecule has 0 aliphatic carbocycles. The molecular weight excluding hydrogens is 154 g/mol. The van der Waals surface area contributed by atoms with E-state index in [0.29, 0.717) is 6.54 Å². The lowest BCUT2D eigenvalue weighted by Gasteiger charge is -2.37. The molecule has 0 aromatic carbocycles. The van der Waals surface area contributed by atoms with Crippen LogP contribution in [0.5, 0.6) is 0 Å². The molecule has 0 aromatic heterocycles. The molecule has 0 spiro atoms. The number of carbonyl (C=O) groups excluding carboxylic acids is 1. The van der Waals surface area contributed by atoms with E-state index in [0.717, 1.165) is 6.54 Å². The largest absolute Gasteiger partial charge is 0.392 e. The van der Waals surface area contributed by atoms with Crippen molar-refractivity contribution in [3.05, 3.63) is 0 Å². The third kappa shape index (κ3) is 1.46. The van der Waals surface area contributed by atoms with Crippen LogP contribution >= 0.6 is 0 Å². The van der Waals surface area contributed by atoms with Gasteiger partial charge in [0.05, 0.1) is 12.0 Å². The van der Waals surface area contributed by atoms with Crippen molar-refractivity contribution in [1.82, 2.24) is 4.90 Å². The molecule has 3 atom stereocenters. The van der Waals surface area contributed by atoms with Gasteiger partial charge in [0, 0.05) is 19.0 Å². The van der Waals surface area contributed by atoms with Crippen LogP contribution in [0.3, 0.4) is 0 Å². The molecule has 3 nitrogen and oxygen atoms in total. The molecule has 1 aliphatic heterocycles. The van der Waals surface area contributed by atoms with E-state index in [1.807, 2.05) is 18.7 Å². The Morgan fingerprint density at radius 1 is 1.58 bits per heavy atom. The number of amides is 1. The number of carbonyl (C=O) groups is 1. The van der Waals surface area contributed by atoms with Gasteiger partial charge in [0.15, 0.2) is 0 Å². The van der Waals surface area contributed by atoms with Crippen molar-refractivity contribution in [2.45, 2.75) is 26.9 Å². The minimum atomic E-state index is -0.458. The Hall–Kier alpha value is -0.570. The van der Waals surface area contributed by atoms with Gasteiger partial charge in [-0.05, 0) is 6.92 Å². The van der Waals surface area contributed by atoms with E-state index in [1.54, 1.807) is 6.92 Å². The molecule has 0 bridgehead atoms. The number of hydrogen-bond donors (Lipinski definition) is 1. The van der Waals surface area contributed by atoms with Gasteiger partial charge >= 0.3 is 0 Å². The van der Waals surface area contributed by atoms with Crippen LogP contribution in [0.15, 0.2) is 0 Å². The highest BCUT2D eigenvalue weighted by molar-refractivity contribution is 5.80. The molecule has 0 aromatic rings. The SMILES string of the molecule is CCN1C[C@H](C)[C@H](O)[C@@H](C)C1=O. The van der Waals surface area contributed by atoms with Gasteiger partial charge in [0.1, 0.15) is 0 Å². The molecule has 0 saturated carbocycles. The predicted octanol–water partition coefficient (Wildman–Crippen LogP) is 0.482. The predicted molar refractivity (Wildman–Crippen MR) is 46.6 cm³/mol. The third-order valence-electron chi connectivity index (χ3n) is 2.69. The summed E-state index contributed by atoms with van der Waals surface area (Å²) < 4.78 is 0. The van der Waals surface area contributed by atoms with Crippen molar-refractivity contribution < 1.29 is 9.90 Å². The van der Waals surface area contributed by atoms with Crippen molar-refractivity contribution in [3.63, 3.8) is 0 Å². The first-order valence-electron chi connectivity index (χ1n) is 4.54. The summed E-state index contributed by atoms with van der Waals surface area (Å²) in [7, 11) is 0. The second-order valence-corrected chi connectivity index (χ2v) is 3.63. The van der Waals surface area contributed by atoms with Gasteiger partial charge in [0.25, 0.3) is 0 Å². The van der Waals surface area contributed by atoms with Gasteiger partial charge in [-0.1, -0.05) is 13.8 Å². The average Bonchev–Trinajstić information content (AvgIpc) is 2.08. The van der Waals surface area contributed by atoms with Crippen LogP contribution in [-0.2, 0) is 4.79 Å². The number of aliphatic hydroxyl groups excluding tert-OH is 1. The quantitative estimate of drug-likeness (QED) is 0.623. The molecule has 1 aliphatic rings. The summed E-state index contributed by atoms with van der Waals surface area (Å²) in [6.45, 7) is 7.19. The Morgan fingerprint density at radius 2 is 2.17 bits per heavy atom. The maximum absolute atomic E-state index is 11.5. The zero-order chi connectivity index (χ0) is 9.30. The number of likely N-dealkylation sites (tertiary alicyclic amines) is 1. The molecule has 70 valence electrons. The highest BCUT2D eigenvalue weighted by atomic mass is 16.3. The number of nitrogens with zero attached hydrogens (tertiary/aromatic N) is 1. The molecule has 12 heavy (non-hydrogen) atoms. The maximum Gasteiger partial charge on any atom is 0.228 e. The van der Waals surface area contributed by atoms with Crippen molar-refractivity contribution in [3.8, 4) is 0 Å². The van der Waals surface area contributed by atoms with Crippen molar-refractivity contribution in [2.24, 2.45) is 11.8 Å². The summed E-state index contributed by atoms with van der Waals surface area (Å²) in [6, 6.07) is 0. The summed E-state index contributed by atoms with van der Waals surface area (Å²) in [5.41, 5.74) is 0. The van der Waals surface area contributed by atoms with Crippen LogP contribution in [-0.4, -0.2) is 35.1 Å². The number of aliphatic hydroxyl groups is 1. The van der Waals surface area contributed by atoms with Gasteiger partial charge in [-0.3, -0.25) is 4.79 Å². The fourth-order valence-electron chi connectivity index (χ4n) is 1.76. The van der Waals surface area contributed by atoms with Gasteiger partial charge < -0.3 is 10.0 Å². The molecular formula is C9H17NO2. The van der Waals surface area contributed by atoms with Gasteiger partial charge in [-0.25, -0.2) is 0 Å². The molecule has 0 radical (unpaired) electrons. The zero-order valence-corrected chi connectivity index (χ0v) is 7.95. The Bertz CT molecular complexity index is 177. The summed E-state index contributed by atoms with van der Waals surface area (Å²) in [5.74, 6) is 0.0643. The van der Waals surface area contributed by atoms with Crippen molar-refractivity contribution in [1.29, 1.82) is 0 Å². The van der Waals surface area contributed by atoms with E-state index >= 15 is 0 Å². The summed E-state index contributed by atoms with van der Waals surface area (Å²) in [6.07, 6.45) is -0.458. The fraction of sp³-hybridized carbons (Fsp3) is 0.889. The Balaban J connectivity index is 2.70. The smallest absolute Gasteiger partial charge is 0.228 e. The summed E-state index contributed by atoms with van der Waals surface area (Å²) in [4.78, 5) is 13.3. The first-order valence-corrected chi connectivity index (χ1v) is 4.54. The zero-order valence-electron chi connectivity index (χ0n) is 7.95. The highest BCUT2D eigenvalue weighted by Gasteiger charge is 2.35. The van der Waals surface area contributed by atoms with Gasteiger partial charge in [-0.2, -0.15) is 0 Å². The van der Waals surface area contributed by atoms with Crippen LogP contribution < -0.4 is 0 Å². The number of hydrogen-bond acceptors (Lipinski definition) is 2. The van der Waals surface area contributed by atoms with E-state index in [-0.39, 0.29) is 17.7 Å². The molecule has 1 N–H and O–H groups in total. The molecule has 3 heteroatoms. The topological polar surface area (TPSA) is 40.5 Å². The second kappa shape index (κ2) is 3.44. The van der Waals surface area contributed by atoms with Crippen molar-refractivity contribution >= 4 is 5.91 Å². The fourth-order valence-corrected chi connectivity index (χ4v) is 1.76. The Labute approximate surface area is 73.4 Å². The molecule has 1 saturated heterocycles.